The van der Waals surface area contributed by atoms with Crippen LogP contribution in [0, 0.1) is 0 Å². The fourth-order valence-corrected chi connectivity index (χ4v) is 3.58. The number of hydrogen-bond acceptors (Lipinski definition) is 4. The van der Waals surface area contributed by atoms with Gasteiger partial charge in [0, 0.05) is 16.6 Å². The molecule has 0 aliphatic carbocycles. The highest BCUT2D eigenvalue weighted by atomic mass is 79.9. The molecule has 0 bridgehead atoms. The molecule has 138 valence electrons. The van der Waals surface area contributed by atoms with E-state index in [9.17, 15) is 4.79 Å². The Morgan fingerprint density at radius 3 is 2.93 bits per heavy atom. The number of carbonyl (C=O) groups is 1. The van der Waals surface area contributed by atoms with Gasteiger partial charge in [-0.25, -0.2) is 4.68 Å². The molecule has 0 unspecified atom stereocenters. The number of nitrogens with one attached hydrogen (secondary N) is 2. The molecule has 1 aliphatic rings. The Labute approximate surface area is 165 Å². The van der Waals surface area contributed by atoms with Gasteiger partial charge in [-0.05, 0) is 35.9 Å². The third kappa shape index (κ3) is 3.74. The van der Waals surface area contributed by atoms with Crippen molar-refractivity contribution in [3.63, 3.8) is 0 Å². The van der Waals surface area contributed by atoms with E-state index in [1.54, 1.807) is 11.8 Å². The van der Waals surface area contributed by atoms with Crippen molar-refractivity contribution in [2.24, 2.45) is 0 Å². The summed E-state index contributed by atoms with van der Waals surface area (Å²) in [7, 11) is 1.63. The van der Waals surface area contributed by atoms with Gasteiger partial charge in [0.05, 0.1) is 19.3 Å². The van der Waals surface area contributed by atoms with Crippen LogP contribution in [-0.4, -0.2) is 29.3 Å². The van der Waals surface area contributed by atoms with Crippen molar-refractivity contribution in [3.8, 4) is 17.0 Å². The zero-order valence-corrected chi connectivity index (χ0v) is 16.4. The van der Waals surface area contributed by atoms with Gasteiger partial charge < -0.3 is 10.1 Å². The Morgan fingerprint density at radius 1 is 1.26 bits per heavy atom. The number of amides is 1. The first-order chi connectivity index (χ1) is 13.1. The molecule has 2 N–H and O–H groups in total. The molecule has 0 spiro atoms. The molecule has 6 nitrogen and oxygen atoms in total. The van der Waals surface area contributed by atoms with Crippen molar-refractivity contribution >= 4 is 21.8 Å². The normalized spacial score (nSPS) is 15.9. The second kappa shape index (κ2) is 7.54. The van der Waals surface area contributed by atoms with E-state index in [0.29, 0.717) is 18.8 Å². The first-order valence-electron chi connectivity index (χ1n) is 8.64. The zero-order chi connectivity index (χ0) is 18.8. The summed E-state index contributed by atoms with van der Waals surface area (Å²) in [5.41, 5.74) is 3.36. The molecule has 7 heteroatoms. The number of carbonyl (C=O) groups excluding carboxylic acids is 1. The number of halogens is 1. The lowest BCUT2D eigenvalue weighted by atomic mass is 10.1. The number of hydrogen-bond donors (Lipinski definition) is 2. The summed E-state index contributed by atoms with van der Waals surface area (Å²) in [6.45, 7) is 1.16. The van der Waals surface area contributed by atoms with E-state index in [0.717, 1.165) is 27.0 Å². The Bertz CT molecular complexity index is 986. The smallest absolute Gasteiger partial charge is 0.269 e. The summed E-state index contributed by atoms with van der Waals surface area (Å²) in [6.07, 6.45) is -0.115. The highest BCUT2D eigenvalue weighted by Crippen LogP contribution is 2.26. The fourth-order valence-electron chi connectivity index (χ4n) is 3.13. The minimum Gasteiger partial charge on any atom is -0.497 e. The van der Waals surface area contributed by atoms with Gasteiger partial charge in [0.2, 0.25) is 0 Å². The van der Waals surface area contributed by atoms with E-state index in [1.807, 2.05) is 42.5 Å². The third-order valence-electron chi connectivity index (χ3n) is 4.52. The van der Waals surface area contributed by atoms with Crippen molar-refractivity contribution in [3.05, 3.63) is 70.3 Å². The van der Waals surface area contributed by atoms with Gasteiger partial charge in [-0.15, -0.1) is 0 Å². The molecular weight excluding hydrogens is 408 g/mol. The van der Waals surface area contributed by atoms with Crippen molar-refractivity contribution in [1.82, 2.24) is 20.4 Å². The van der Waals surface area contributed by atoms with Crippen molar-refractivity contribution < 1.29 is 9.53 Å². The summed E-state index contributed by atoms with van der Waals surface area (Å²) in [6, 6.07) is 17.6. The van der Waals surface area contributed by atoms with Crippen molar-refractivity contribution in [2.45, 2.75) is 12.7 Å². The van der Waals surface area contributed by atoms with Gasteiger partial charge >= 0.3 is 0 Å². The summed E-state index contributed by atoms with van der Waals surface area (Å²) in [5.74, 6) is 0.643. The van der Waals surface area contributed by atoms with E-state index in [1.165, 1.54) is 0 Å². The van der Waals surface area contributed by atoms with E-state index in [4.69, 9.17) is 4.74 Å². The van der Waals surface area contributed by atoms with Crippen molar-refractivity contribution in [2.75, 3.05) is 13.7 Å². The number of nitrogens with zero attached hydrogens (tertiary/aromatic N) is 2. The highest BCUT2D eigenvalue weighted by molar-refractivity contribution is 9.10. The van der Waals surface area contributed by atoms with Crippen LogP contribution < -0.4 is 15.4 Å². The predicted molar refractivity (Wildman–Crippen MR) is 107 cm³/mol. The Hall–Kier alpha value is -2.64. The molecule has 4 rings (SSSR count). The minimum absolute atomic E-state index is 0.114. The fraction of sp³-hybridized carbons (Fsp3) is 0.200. The van der Waals surface area contributed by atoms with E-state index < -0.39 is 0 Å². The first kappa shape index (κ1) is 17.8. The first-order valence-corrected chi connectivity index (χ1v) is 9.43. The largest absolute Gasteiger partial charge is 0.497 e. The maximum Gasteiger partial charge on any atom is 0.269 e. The minimum atomic E-state index is -0.115. The van der Waals surface area contributed by atoms with E-state index in [-0.39, 0.29) is 12.1 Å². The average Bonchev–Trinajstić information content (AvgIpc) is 3.14. The zero-order valence-electron chi connectivity index (χ0n) is 14.8. The summed E-state index contributed by atoms with van der Waals surface area (Å²) < 4.78 is 8.10. The molecule has 3 aromatic rings. The molecule has 27 heavy (non-hydrogen) atoms. The van der Waals surface area contributed by atoms with E-state index in [2.05, 4.69) is 43.8 Å². The van der Waals surface area contributed by atoms with Gasteiger partial charge in [0.15, 0.2) is 0 Å². The van der Waals surface area contributed by atoms with Gasteiger partial charge in [-0.3, -0.25) is 10.1 Å². The van der Waals surface area contributed by atoms with E-state index >= 15 is 0 Å². The molecule has 1 aromatic heterocycles. The van der Waals surface area contributed by atoms with Crippen LogP contribution in [0.25, 0.3) is 11.3 Å². The van der Waals surface area contributed by atoms with Crippen LogP contribution in [0.15, 0.2) is 59.1 Å². The average molecular weight is 427 g/mol. The Balaban J connectivity index is 1.60. The highest BCUT2D eigenvalue weighted by Gasteiger charge is 2.27. The predicted octanol–water partition coefficient (Wildman–Crippen LogP) is 3.35. The lowest BCUT2D eigenvalue weighted by Crippen LogP contribution is -2.45. The molecule has 2 heterocycles. The van der Waals surface area contributed by atoms with Gasteiger partial charge in [-0.2, -0.15) is 5.10 Å². The van der Waals surface area contributed by atoms with Gasteiger partial charge in [0.1, 0.15) is 17.6 Å². The molecule has 0 saturated carbocycles. The van der Waals surface area contributed by atoms with Gasteiger partial charge in [-0.1, -0.05) is 40.2 Å². The standard InChI is InChI=1S/C20H19BrN4O2/c1-27-16-7-3-5-14(9-16)17-10-18-20(26)23-12-19(25(18)24-17)22-11-13-4-2-6-15(21)8-13/h2-10,19,22H,11-12H2,1H3,(H,23,26)/t19-/m0/s1. The maximum atomic E-state index is 12.3. The third-order valence-corrected chi connectivity index (χ3v) is 5.01. The van der Waals surface area contributed by atoms with Crippen LogP contribution in [0.1, 0.15) is 22.2 Å². The van der Waals surface area contributed by atoms with Crippen molar-refractivity contribution in [1.29, 1.82) is 0 Å². The van der Waals surface area contributed by atoms with Crippen LogP contribution in [-0.2, 0) is 6.54 Å². The monoisotopic (exact) mass is 426 g/mol. The molecule has 0 radical (unpaired) electrons. The second-order valence-corrected chi connectivity index (χ2v) is 7.24. The Kier molecular flexibility index (Phi) is 4.96. The topological polar surface area (TPSA) is 68.2 Å². The number of rotatable bonds is 5. The number of ether oxygens (including phenoxy) is 1. The lowest BCUT2D eigenvalue weighted by molar-refractivity contribution is 0.0900. The lowest BCUT2D eigenvalue weighted by Gasteiger charge is -2.25. The van der Waals surface area contributed by atoms with Crippen LogP contribution >= 0.6 is 15.9 Å². The molecule has 1 aliphatic heterocycles. The van der Waals surface area contributed by atoms with Crippen LogP contribution in [0.3, 0.4) is 0 Å². The molecule has 2 aromatic carbocycles. The van der Waals surface area contributed by atoms with Crippen LogP contribution in [0.5, 0.6) is 5.75 Å². The molecule has 0 saturated heterocycles. The van der Waals surface area contributed by atoms with Crippen LogP contribution in [0.4, 0.5) is 0 Å². The maximum absolute atomic E-state index is 12.3. The summed E-state index contributed by atoms with van der Waals surface area (Å²) in [5, 5.41) is 11.1. The second-order valence-electron chi connectivity index (χ2n) is 6.33. The molecule has 0 fully saturated rings. The number of benzene rings is 2. The van der Waals surface area contributed by atoms with Crippen LogP contribution in [0.2, 0.25) is 0 Å². The Morgan fingerprint density at radius 2 is 2.11 bits per heavy atom. The number of methoxy groups -OCH3 is 1. The molecule has 1 amide bonds. The quantitative estimate of drug-likeness (QED) is 0.656. The van der Waals surface area contributed by atoms with Gasteiger partial charge in [0.25, 0.3) is 5.91 Å². The molecular formula is C20H19BrN4O2. The summed E-state index contributed by atoms with van der Waals surface area (Å²) >= 11 is 3.49. The SMILES string of the molecule is COc1cccc(-c2cc3n(n2)[C@H](NCc2cccc(Br)c2)CNC3=O)c1. The summed E-state index contributed by atoms with van der Waals surface area (Å²) in [4.78, 5) is 12.3. The number of fused-ring (bicyclic) bond motifs is 1. The molecule has 1 atom stereocenters. The number of aromatic nitrogens is 2.